The van der Waals surface area contributed by atoms with Crippen LogP contribution in [0.5, 0.6) is 0 Å². The fourth-order valence-electron chi connectivity index (χ4n) is 2.26. The van der Waals surface area contributed by atoms with Crippen molar-refractivity contribution in [3.63, 3.8) is 0 Å². The van der Waals surface area contributed by atoms with Gasteiger partial charge in [-0.05, 0) is 12.8 Å². The van der Waals surface area contributed by atoms with Crippen LogP contribution in [0, 0.1) is 0 Å². The summed E-state index contributed by atoms with van der Waals surface area (Å²) in [5, 5.41) is 5.41. The van der Waals surface area contributed by atoms with E-state index in [1.807, 2.05) is 0 Å². The third-order valence-corrected chi connectivity index (χ3v) is 3.18. The van der Waals surface area contributed by atoms with Crippen molar-refractivity contribution < 1.29 is 9.59 Å². The summed E-state index contributed by atoms with van der Waals surface area (Å²) in [6.07, 6.45) is 5.74. The Morgan fingerprint density at radius 3 is 2.29 bits per heavy atom. The van der Waals surface area contributed by atoms with Gasteiger partial charge in [0, 0.05) is 32.0 Å². The smallest absolute Gasteiger partial charge is 0.221 e. The molecule has 2 amide bonds. The minimum absolute atomic E-state index is 0.0141. The van der Waals surface area contributed by atoms with Gasteiger partial charge in [-0.25, -0.2) is 0 Å². The van der Waals surface area contributed by atoms with Crippen LogP contribution in [0.3, 0.4) is 0 Å². The van der Waals surface area contributed by atoms with E-state index < -0.39 is 0 Å². The van der Waals surface area contributed by atoms with Crippen molar-refractivity contribution in [1.29, 1.82) is 0 Å². The molecule has 0 unspecified atom stereocenters. The number of rotatable bonds is 5. The highest BCUT2D eigenvalue weighted by atomic mass is 16.2. The van der Waals surface area contributed by atoms with Crippen LogP contribution in [0.15, 0.2) is 0 Å². The normalized spacial score (nSPS) is 18.5. The SMILES string of the molecule is CC(=O)NCCNC(=O)CC1(N)CCCCC1. The molecule has 0 aromatic carbocycles. The highest BCUT2D eigenvalue weighted by Crippen LogP contribution is 2.28. The summed E-state index contributed by atoms with van der Waals surface area (Å²) in [5.74, 6) is -0.0958. The van der Waals surface area contributed by atoms with Crippen molar-refractivity contribution in [2.75, 3.05) is 13.1 Å². The molecule has 98 valence electrons. The summed E-state index contributed by atoms with van der Waals surface area (Å²) in [6.45, 7) is 2.39. The van der Waals surface area contributed by atoms with E-state index in [-0.39, 0.29) is 17.4 Å². The van der Waals surface area contributed by atoms with Gasteiger partial charge in [0.15, 0.2) is 0 Å². The van der Waals surface area contributed by atoms with Crippen molar-refractivity contribution in [3.05, 3.63) is 0 Å². The van der Waals surface area contributed by atoms with Crippen molar-refractivity contribution in [2.24, 2.45) is 5.73 Å². The lowest BCUT2D eigenvalue weighted by molar-refractivity contribution is -0.123. The van der Waals surface area contributed by atoms with Gasteiger partial charge in [-0.3, -0.25) is 9.59 Å². The third-order valence-electron chi connectivity index (χ3n) is 3.18. The van der Waals surface area contributed by atoms with Gasteiger partial charge in [-0.2, -0.15) is 0 Å². The van der Waals surface area contributed by atoms with Crippen LogP contribution in [0.2, 0.25) is 0 Å². The van der Waals surface area contributed by atoms with E-state index in [4.69, 9.17) is 5.73 Å². The molecule has 0 atom stereocenters. The molecule has 1 saturated carbocycles. The zero-order valence-electron chi connectivity index (χ0n) is 10.6. The molecule has 5 heteroatoms. The molecule has 0 bridgehead atoms. The molecule has 1 aliphatic rings. The van der Waals surface area contributed by atoms with E-state index in [1.165, 1.54) is 13.3 Å². The van der Waals surface area contributed by atoms with E-state index in [0.29, 0.717) is 19.5 Å². The van der Waals surface area contributed by atoms with Gasteiger partial charge in [0.1, 0.15) is 0 Å². The van der Waals surface area contributed by atoms with E-state index in [1.54, 1.807) is 0 Å². The van der Waals surface area contributed by atoms with Crippen LogP contribution in [0.4, 0.5) is 0 Å². The largest absolute Gasteiger partial charge is 0.355 e. The van der Waals surface area contributed by atoms with Crippen LogP contribution in [-0.2, 0) is 9.59 Å². The summed E-state index contributed by atoms with van der Waals surface area (Å²) in [5.41, 5.74) is 5.87. The first-order valence-corrected chi connectivity index (χ1v) is 6.32. The topological polar surface area (TPSA) is 84.2 Å². The summed E-state index contributed by atoms with van der Waals surface area (Å²) >= 11 is 0. The van der Waals surface area contributed by atoms with Gasteiger partial charge in [0.2, 0.25) is 11.8 Å². The number of carbonyl (C=O) groups excluding carboxylic acids is 2. The third kappa shape index (κ3) is 5.68. The monoisotopic (exact) mass is 241 g/mol. The van der Waals surface area contributed by atoms with Crippen molar-refractivity contribution in [2.45, 2.75) is 51.0 Å². The number of amides is 2. The fraction of sp³-hybridized carbons (Fsp3) is 0.833. The second-order valence-corrected chi connectivity index (χ2v) is 4.93. The maximum absolute atomic E-state index is 11.7. The summed E-state index contributed by atoms with van der Waals surface area (Å²) in [7, 11) is 0. The van der Waals surface area contributed by atoms with Crippen molar-refractivity contribution in [1.82, 2.24) is 10.6 Å². The Bertz CT molecular complexity index is 273. The van der Waals surface area contributed by atoms with E-state index >= 15 is 0 Å². The molecule has 0 spiro atoms. The van der Waals surface area contributed by atoms with E-state index in [0.717, 1.165) is 25.7 Å². The number of hydrogen-bond acceptors (Lipinski definition) is 3. The zero-order chi connectivity index (χ0) is 12.7. The number of hydrogen-bond donors (Lipinski definition) is 3. The highest BCUT2D eigenvalue weighted by molar-refractivity contribution is 5.77. The van der Waals surface area contributed by atoms with Gasteiger partial charge >= 0.3 is 0 Å². The first-order chi connectivity index (χ1) is 8.02. The van der Waals surface area contributed by atoms with Gasteiger partial charge < -0.3 is 16.4 Å². The molecule has 1 rings (SSSR count). The van der Waals surface area contributed by atoms with Crippen molar-refractivity contribution in [3.8, 4) is 0 Å². The summed E-state index contributed by atoms with van der Waals surface area (Å²) < 4.78 is 0. The molecule has 0 aliphatic heterocycles. The Balaban J connectivity index is 2.17. The lowest BCUT2D eigenvalue weighted by atomic mass is 9.80. The van der Waals surface area contributed by atoms with Crippen LogP contribution < -0.4 is 16.4 Å². The highest BCUT2D eigenvalue weighted by Gasteiger charge is 2.29. The average Bonchev–Trinajstić information content (AvgIpc) is 2.24. The molecule has 4 N–H and O–H groups in total. The molecular weight excluding hydrogens is 218 g/mol. The van der Waals surface area contributed by atoms with Gasteiger partial charge in [-0.1, -0.05) is 19.3 Å². The Kier molecular flexibility index (Phi) is 5.41. The Hall–Kier alpha value is -1.10. The number of nitrogens with two attached hydrogens (primary N) is 1. The van der Waals surface area contributed by atoms with Gasteiger partial charge in [-0.15, -0.1) is 0 Å². The second-order valence-electron chi connectivity index (χ2n) is 4.93. The number of nitrogens with one attached hydrogen (secondary N) is 2. The molecule has 5 nitrogen and oxygen atoms in total. The molecule has 1 aliphatic carbocycles. The van der Waals surface area contributed by atoms with Crippen LogP contribution in [0.25, 0.3) is 0 Å². The molecule has 0 heterocycles. The molecule has 0 saturated heterocycles. The summed E-state index contributed by atoms with van der Waals surface area (Å²) in [6, 6.07) is 0. The molecule has 0 aromatic heterocycles. The fourth-order valence-corrected chi connectivity index (χ4v) is 2.26. The average molecular weight is 241 g/mol. The van der Waals surface area contributed by atoms with Crippen molar-refractivity contribution >= 4 is 11.8 Å². The first-order valence-electron chi connectivity index (χ1n) is 6.32. The predicted octanol–water partition coefficient (Wildman–Crippen LogP) is 0.290. The Morgan fingerprint density at radius 2 is 1.71 bits per heavy atom. The molecule has 0 radical (unpaired) electrons. The van der Waals surface area contributed by atoms with E-state index in [2.05, 4.69) is 10.6 Å². The minimum Gasteiger partial charge on any atom is -0.355 e. The second kappa shape index (κ2) is 6.59. The van der Waals surface area contributed by atoms with Crippen LogP contribution in [-0.4, -0.2) is 30.4 Å². The molecule has 17 heavy (non-hydrogen) atoms. The maximum atomic E-state index is 11.7. The van der Waals surface area contributed by atoms with Gasteiger partial charge in [0.25, 0.3) is 0 Å². The van der Waals surface area contributed by atoms with Gasteiger partial charge in [0.05, 0.1) is 0 Å². The summed E-state index contributed by atoms with van der Waals surface area (Å²) in [4.78, 5) is 22.3. The lowest BCUT2D eigenvalue weighted by Crippen LogP contribution is -2.46. The molecule has 0 aromatic rings. The number of carbonyl (C=O) groups is 2. The maximum Gasteiger partial charge on any atom is 0.221 e. The van der Waals surface area contributed by atoms with E-state index in [9.17, 15) is 9.59 Å². The molecule has 1 fully saturated rings. The molecular formula is C12H23N3O2. The van der Waals surface area contributed by atoms with Crippen LogP contribution >= 0.6 is 0 Å². The zero-order valence-corrected chi connectivity index (χ0v) is 10.6. The lowest BCUT2D eigenvalue weighted by Gasteiger charge is -2.32. The predicted molar refractivity (Wildman–Crippen MR) is 66.3 cm³/mol. The standard InChI is InChI=1S/C12H23N3O2/c1-10(16)14-7-8-15-11(17)9-12(13)5-3-2-4-6-12/h2-9,13H2,1H3,(H,14,16)(H,15,17). The minimum atomic E-state index is -0.309. The van der Waals surface area contributed by atoms with Crippen LogP contribution in [0.1, 0.15) is 45.4 Å². The first kappa shape index (κ1) is 14.0. The Labute approximate surface area is 103 Å². The quantitative estimate of drug-likeness (QED) is 0.605. The Morgan fingerprint density at radius 1 is 1.12 bits per heavy atom.